The van der Waals surface area contributed by atoms with E-state index >= 15 is 0 Å². The minimum Gasteiger partial charge on any atom is -0.315 e. The molecule has 3 nitrogen and oxygen atoms in total. The van der Waals surface area contributed by atoms with E-state index in [1.807, 2.05) is 11.7 Å². The number of hydrogen-bond donors (Lipinski definition) is 2. The largest absolute Gasteiger partial charge is 0.315 e. The fraction of sp³-hybridized carbons (Fsp3) is 0.667. The lowest BCUT2D eigenvalue weighted by Gasteiger charge is -2.23. The third-order valence-corrected chi connectivity index (χ3v) is 3.12. The highest BCUT2D eigenvalue weighted by molar-refractivity contribution is 7.09. The summed E-state index contributed by atoms with van der Waals surface area (Å²) in [6.07, 6.45) is 4.53. The van der Waals surface area contributed by atoms with Crippen molar-refractivity contribution in [2.45, 2.75) is 25.4 Å². The second-order valence-corrected chi connectivity index (χ2v) is 4.36. The number of hydrogen-bond acceptors (Lipinski definition) is 4. The molecule has 1 saturated heterocycles. The molecular formula is C9H15N3S. The van der Waals surface area contributed by atoms with Crippen LogP contribution in [0, 0.1) is 0 Å². The van der Waals surface area contributed by atoms with Gasteiger partial charge >= 0.3 is 0 Å². The standard InChI is InChI=1S/C9H15N3S/c1-2-8(4-10-3-1)12-6-9-5-11-7-13-9/h5,7-8,10,12H,1-4,6H2. The third kappa shape index (κ3) is 2.76. The monoisotopic (exact) mass is 197 g/mol. The van der Waals surface area contributed by atoms with Gasteiger partial charge in [0.2, 0.25) is 0 Å². The number of thiazole rings is 1. The molecule has 1 aliphatic rings. The van der Waals surface area contributed by atoms with Gasteiger partial charge in [0, 0.05) is 30.2 Å². The van der Waals surface area contributed by atoms with Crippen molar-refractivity contribution in [2.24, 2.45) is 0 Å². The van der Waals surface area contributed by atoms with Gasteiger partial charge in [0.25, 0.3) is 0 Å². The minimum atomic E-state index is 0.649. The SMILES string of the molecule is c1ncc(CNC2CCCNC2)s1. The maximum Gasteiger partial charge on any atom is 0.0794 e. The van der Waals surface area contributed by atoms with E-state index in [0.29, 0.717) is 6.04 Å². The third-order valence-electron chi connectivity index (χ3n) is 2.35. The zero-order chi connectivity index (χ0) is 8.93. The van der Waals surface area contributed by atoms with Gasteiger partial charge in [-0.05, 0) is 19.4 Å². The van der Waals surface area contributed by atoms with Crippen molar-refractivity contribution in [2.75, 3.05) is 13.1 Å². The molecule has 72 valence electrons. The van der Waals surface area contributed by atoms with E-state index in [2.05, 4.69) is 15.6 Å². The Hall–Kier alpha value is -0.450. The molecule has 0 radical (unpaired) electrons. The van der Waals surface area contributed by atoms with E-state index in [4.69, 9.17) is 0 Å². The predicted octanol–water partition coefficient (Wildman–Crippen LogP) is 0.985. The molecule has 2 rings (SSSR count). The van der Waals surface area contributed by atoms with Crippen LogP contribution in [0.1, 0.15) is 17.7 Å². The van der Waals surface area contributed by atoms with E-state index in [1.165, 1.54) is 24.3 Å². The molecule has 1 fully saturated rings. The van der Waals surface area contributed by atoms with Crippen LogP contribution < -0.4 is 10.6 Å². The zero-order valence-corrected chi connectivity index (χ0v) is 8.44. The molecule has 0 aromatic carbocycles. The summed E-state index contributed by atoms with van der Waals surface area (Å²) >= 11 is 1.72. The summed E-state index contributed by atoms with van der Waals surface area (Å²) in [6, 6.07) is 0.649. The maximum atomic E-state index is 4.05. The Morgan fingerprint density at radius 1 is 1.69 bits per heavy atom. The highest BCUT2D eigenvalue weighted by atomic mass is 32.1. The van der Waals surface area contributed by atoms with Gasteiger partial charge in [-0.15, -0.1) is 11.3 Å². The molecule has 4 heteroatoms. The van der Waals surface area contributed by atoms with Crippen LogP contribution in [0.2, 0.25) is 0 Å². The lowest BCUT2D eigenvalue weighted by Crippen LogP contribution is -2.42. The van der Waals surface area contributed by atoms with E-state index < -0.39 is 0 Å². The van der Waals surface area contributed by atoms with Crippen LogP contribution in [0.5, 0.6) is 0 Å². The van der Waals surface area contributed by atoms with E-state index in [0.717, 1.165) is 13.1 Å². The first-order valence-electron chi connectivity index (χ1n) is 4.76. The summed E-state index contributed by atoms with van der Waals surface area (Å²) < 4.78 is 0. The first kappa shape index (κ1) is 9.12. The van der Waals surface area contributed by atoms with Gasteiger partial charge in [-0.1, -0.05) is 0 Å². The van der Waals surface area contributed by atoms with Crippen molar-refractivity contribution >= 4 is 11.3 Å². The van der Waals surface area contributed by atoms with Crippen molar-refractivity contribution in [1.82, 2.24) is 15.6 Å². The fourth-order valence-electron chi connectivity index (χ4n) is 1.60. The molecular weight excluding hydrogens is 182 g/mol. The Morgan fingerprint density at radius 2 is 2.69 bits per heavy atom. The normalized spacial score (nSPS) is 23.2. The first-order chi connectivity index (χ1) is 6.45. The lowest BCUT2D eigenvalue weighted by atomic mass is 10.1. The van der Waals surface area contributed by atoms with Gasteiger partial charge in [0.1, 0.15) is 0 Å². The van der Waals surface area contributed by atoms with Crippen LogP contribution in [-0.4, -0.2) is 24.1 Å². The van der Waals surface area contributed by atoms with Crippen molar-refractivity contribution in [3.8, 4) is 0 Å². The molecule has 0 spiro atoms. The van der Waals surface area contributed by atoms with Gasteiger partial charge in [-0.2, -0.15) is 0 Å². The molecule has 1 aromatic heterocycles. The summed E-state index contributed by atoms with van der Waals surface area (Å²) in [6.45, 7) is 3.26. The molecule has 1 unspecified atom stereocenters. The molecule has 1 aromatic rings. The number of aromatic nitrogens is 1. The maximum absolute atomic E-state index is 4.05. The fourth-order valence-corrected chi connectivity index (χ4v) is 2.15. The Balaban J connectivity index is 1.72. The minimum absolute atomic E-state index is 0.649. The number of nitrogens with zero attached hydrogens (tertiary/aromatic N) is 1. The van der Waals surface area contributed by atoms with Crippen LogP contribution in [0.25, 0.3) is 0 Å². The van der Waals surface area contributed by atoms with Gasteiger partial charge in [0.05, 0.1) is 5.51 Å². The van der Waals surface area contributed by atoms with Crippen LogP contribution in [-0.2, 0) is 6.54 Å². The summed E-state index contributed by atoms with van der Waals surface area (Å²) in [5, 5.41) is 6.92. The van der Waals surface area contributed by atoms with Gasteiger partial charge in [0.15, 0.2) is 0 Å². The Kier molecular flexibility index (Phi) is 3.29. The second-order valence-electron chi connectivity index (χ2n) is 3.39. The quantitative estimate of drug-likeness (QED) is 0.758. The van der Waals surface area contributed by atoms with Gasteiger partial charge < -0.3 is 10.6 Å². The Morgan fingerprint density at radius 3 is 3.38 bits per heavy atom. The average molecular weight is 197 g/mol. The smallest absolute Gasteiger partial charge is 0.0794 e. The molecule has 0 saturated carbocycles. The summed E-state index contributed by atoms with van der Waals surface area (Å²) in [5.74, 6) is 0. The van der Waals surface area contributed by atoms with Crippen LogP contribution >= 0.6 is 11.3 Å². The van der Waals surface area contributed by atoms with Gasteiger partial charge in [-0.3, -0.25) is 4.98 Å². The molecule has 1 aliphatic heterocycles. The highest BCUT2D eigenvalue weighted by Crippen LogP contribution is 2.07. The molecule has 2 N–H and O–H groups in total. The van der Waals surface area contributed by atoms with Crippen molar-refractivity contribution in [1.29, 1.82) is 0 Å². The topological polar surface area (TPSA) is 37.0 Å². The van der Waals surface area contributed by atoms with E-state index in [1.54, 1.807) is 11.3 Å². The summed E-state index contributed by atoms with van der Waals surface area (Å²) in [4.78, 5) is 5.37. The highest BCUT2D eigenvalue weighted by Gasteiger charge is 2.11. The molecule has 0 amide bonds. The molecule has 0 bridgehead atoms. The average Bonchev–Trinajstić information content (AvgIpc) is 2.69. The molecule has 13 heavy (non-hydrogen) atoms. The van der Waals surface area contributed by atoms with Crippen molar-refractivity contribution in [3.05, 3.63) is 16.6 Å². The molecule has 1 atom stereocenters. The molecule has 0 aliphatic carbocycles. The second kappa shape index (κ2) is 4.69. The summed E-state index contributed by atoms with van der Waals surface area (Å²) in [5.41, 5.74) is 1.89. The van der Waals surface area contributed by atoms with E-state index in [-0.39, 0.29) is 0 Å². The Bertz CT molecular complexity index is 229. The first-order valence-corrected chi connectivity index (χ1v) is 5.64. The van der Waals surface area contributed by atoms with E-state index in [9.17, 15) is 0 Å². The number of nitrogens with one attached hydrogen (secondary N) is 2. The number of rotatable bonds is 3. The predicted molar refractivity (Wildman–Crippen MR) is 54.8 cm³/mol. The van der Waals surface area contributed by atoms with Crippen LogP contribution in [0.3, 0.4) is 0 Å². The van der Waals surface area contributed by atoms with Crippen LogP contribution in [0.15, 0.2) is 11.7 Å². The zero-order valence-electron chi connectivity index (χ0n) is 7.62. The lowest BCUT2D eigenvalue weighted by molar-refractivity contribution is 0.390. The number of piperidine rings is 1. The molecule has 2 heterocycles. The van der Waals surface area contributed by atoms with Crippen LogP contribution in [0.4, 0.5) is 0 Å². The summed E-state index contributed by atoms with van der Waals surface area (Å²) in [7, 11) is 0. The van der Waals surface area contributed by atoms with Crippen molar-refractivity contribution < 1.29 is 0 Å². The van der Waals surface area contributed by atoms with Gasteiger partial charge in [-0.25, -0.2) is 0 Å². The van der Waals surface area contributed by atoms with Crippen molar-refractivity contribution in [3.63, 3.8) is 0 Å². The Labute approximate surface area is 82.6 Å².